The standard InChI is InChI=1S/C26H34N2O3/c1-3-21-14-16-24(17-15-21)31-19-25(29)28(18-22-10-6-4-7-11-22)20(2)26(30)27-23-12-8-5-9-13-23/h4,6-7,10-11,14-17,20,23H,3,5,8-9,12-13,18-19H2,1-2H3,(H,27,30). The summed E-state index contributed by atoms with van der Waals surface area (Å²) >= 11 is 0. The van der Waals surface area contributed by atoms with Crippen LogP contribution in [0.2, 0.25) is 0 Å². The molecule has 5 heteroatoms. The van der Waals surface area contributed by atoms with Crippen molar-refractivity contribution in [1.29, 1.82) is 0 Å². The second-order valence-electron chi connectivity index (χ2n) is 8.31. The molecule has 0 heterocycles. The molecule has 3 rings (SSSR count). The van der Waals surface area contributed by atoms with Gasteiger partial charge in [-0.25, -0.2) is 0 Å². The lowest BCUT2D eigenvalue weighted by atomic mass is 9.95. The van der Waals surface area contributed by atoms with Crippen LogP contribution in [-0.2, 0) is 22.6 Å². The highest BCUT2D eigenvalue weighted by atomic mass is 16.5. The maximum Gasteiger partial charge on any atom is 0.261 e. The molecule has 2 amide bonds. The van der Waals surface area contributed by atoms with Crippen LogP contribution in [0.15, 0.2) is 54.6 Å². The van der Waals surface area contributed by atoms with Crippen LogP contribution in [0.1, 0.15) is 57.1 Å². The van der Waals surface area contributed by atoms with Gasteiger partial charge in [-0.05, 0) is 49.4 Å². The molecule has 0 radical (unpaired) electrons. The number of carbonyl (C=O) groups is 2. The lowest BCUT2D eigenvalue weighted by Crippen LogP contribution is -2.51. The first-order chi connectivity index (χ1) is 15.1. The van der Waals surface area contributed by atoms with Crippen LogP contribution in [0.3, 0.4) is 0 Å². The summed E-state index contributed by atoms with van der Waals surface area (Å²) in [7, 11) is 0. The van der Waals surface area contributed by atoms with Crippen LogP contribution in [0.25, 0.3) is 0 Å². The molecule has 0 aromatic heterocycles. The largest absolute Gasteiger partial charge is 0.484 e. The molecule has 1 aliphatic rings. The minimum atomic E-state index is -0.569. The summed E-state index contributed by atoms with van der Waals surface area (Å²) in [6, 6.07) is 17.2. The van der Waals surface area contributed by atoms with Crippen LogP contribution in [0.5, 0.6) is 5.75 Å². The number of rotatable bonds is 9. The van der Waals surface area contributed by atoms with Crippen molar-refractivity contribution in [3.05, 3.63) is 65.7 Å². The molecule has 5 nitrogen and oxygen atoms in total. The summed E-state index contributed by atoms with van der Waals surface area (Å²) in [6.45, 7) is 4.17. The molecule has 0 spiro atoms. The number of nitrogens with one attached hydrogen (secondary N) is 1. The van der Waals surface area contributed by atoms with Crippen molar-refractivity contribution in [3.63, 3.8) is 0 Å². The van der Waals surface area contributed by atoms with Crippen molar-refractivity contribution in [2.24, 2.45) is 0 Å². The van der Waals surface area contributed by atoms with Gasteiger partial charge < -0.3 is 15.0 Å². The lowest BCUT2D eigenvalue weighted by Gasteiger charge is -2.31. The zero-order valence-corrected chi connectivity index (χ0v) is 18.7. The Labute approximate surface area is 185 Å². The van der Waals surface area contributed by atoms with Crippen LogP contribution in [-0.4, -0.2) is 35.4 Å². The fraction of sp³-hybridized carbons (Fsp3) is 0.462. The van der Waals surface area contributed by atoms with Gasteiger partial charge in [-0.15, -0.1) is 0 Å². The Hall–Kier alpha value is -2.82. The number of carbonyl (C=O) groups excluding carboxylic acids is 2. The summed E-state index contributed by atoms with van der Waals surface area (Å²) in [6.07, 6.45) is 6.52. The van der Waals surface area contributed by atoms with E-state index in [9.17, 15) is 9.59 Å². The monoisotopic (exact) mass is 422 g/mol. The lowest BCUT2D eigenvalue weighted by molar-refractivity contribution is -0.142. The van der Waals surface area contributed by atoms with Crippen LogP contribution in [0, 0.1) is 0 Å². The number of hydrogen-bond donors (Lipinski definition) is 1. The summed E-state index contributed by atoms with van der Waals surface area (Å²) in [5, 5.41) is 3.15. The van der Waals surface area contributed by atoms with Gasteiger partial charge in [-0.2, -0.15) is 0 Å². The smallest absolute Gasteiger partial charge is 0.261 e. The molecule has 1 saturated carbocycles. The first-order valence-electron chi connectivity index (χ1n) is 11.4. The second kappa shape index (κ2) is 11.5. The third kappa shape index (κ3) is 6.84. The van der Waals surface area contributed by atoms with Gasteiger partial charge in [0.2, 0.25) is 5.91 Å². The first kappa shape index (κ1) is 22.9. The maximum absolute atomic E-state index is 13.1. The quantitative estimate of drug-likeness (QED) is 0.648. The van der Waals surface area contributed by atoms with E-state index in [4.69, 9.17) is 4.74 Å². The number of aryl methyl sites for hydroxylation is 1. The fourth-order valence-electron chi connectivity index (χ4n) is 3.98. The molecule has 1 fully saturated rings. The van der Waals surface area contributed by atoms with Gasteiger partial charge in [0.05, 0.1) is 0 Å². The molecule has 1 aliphatic carbocycles. The molecule has 0 bridgehead atoms. The number of hydrogen-bond acceptors (Lipinski definition) is 3. The van der Waals surface area contributed by atoms with E-state index >= 15 is 0 Å². The van der Waals surface area contributed by atoms with E-state index in [-0.39, 0.29) is 24.5 Å². The van der Waals surface area contributed by atoms with Crippen molar-refractivity contribution >= 4 is 11.8 Å². The normalized spacial score (nSPS) is 15.2. The average molecular weight is 423 g/mol. The van der Waals surface area contributed by atoms with Crippen molar-refractivity contribution < 1.29 is 14.3 Å². The average Bonchev–Trinajstić information content (AvgIpc) is 2.82. The Morgan fingerprint density at radius 1 is 1.00 bits per heavy atom. The minimum absolute atomic E-state index is 0.0940. The topological polar surface area (TPSA) is 58.6 Å². The van der Waals surface area contributed by atoms with Gasteiger partial charge in [-0.3, -0.25) is 9.59 Å². The predicted octanol–water partition coefficient (Wildman–Crippen LogP) is 4.49. The highest BCUT2D eigenvalue weighted by Gasteiger charge is 2.28. The minimum Gasteiger partial charge on any atom is -0.484 e. The summed E-state index contributed by atoms with van der Waals surface area (Å²) in [5.41, 5.74) is 2.21. The van der Waals surface area contributed by atoms with Gasteiger partial charge in [0.15, 0.2) is 6.61 Å². The second-order valence-corrected chi connectivity index (χ2v) is 8.31. The van der Waals surface area contributed by atoms with Crippen LogP contribution >= 0.6 is 0 Å². The van der Waals surface area contributed by atoms with E-state index in [0.29, 0.717) is 12.3 Å². The van der Waals surface area contributed by atoms with E-state index in [2.05, 4.69) is 12.2 Å². The van der Waals surface area contributed by atoms with Gasteiger partial charge in [0.25, 0.3) is 5.91 Å². The van der Waals surface area contributed by atoms with Gasteiger partial charge >= 0.3 is 0 Å². The van der Waals surface area contributed by atoms with E-state index in [1.165, 1.54) is 12.0 Å². The third-order valence-corrected chi connectivity index (χ3v) is 6.01. The Kier molecular flexibility index (Phi) is 8.51. The van der Waals surface area contributed by atoms with Gasteiger partial charge in [-0.1, -0.05) is 68.7 Å². The van der Waals surface area contributed by atoms with Crippen molar-refractivity contribution in [1.82, 2.24) is 10.2 Å². The number of nitrogens with zero attached hydrogens (tertiary/aromatic N) is 1. The zero-order valence-electron chi connectivity index (χ0n) is 18.7. The van der Waals surface area contributed by atoms with Crippen molar-refractivity contribution in [2.45, 2.75) is 71.0 Å². The molecular formula is C26H34N2O3. The van der Waals surface area contributed by atoms with Crippen molar-refractivity contribution in [2.75, 3.05) is 6.61 Å². The number of benzene rings is 2. The van der Waals surface area contributed by atoms with E-state index in [1.807, 2.05) is 54.6 Å². The predicted molar refractivity (Wildman–Crippen MR) is 123 cm³/mol. The van der Waals surface area contributed by atoms with Crippen molar-refractivity contribution in [3.8, 4) is 5.75 Å². The molecular weight excluding hydrogens is 388 g/mol. The van der Waals surface area contributed by atoms with Crippen LogP contribution < -0.4 is 10.1 Å². The summed E-state index contributed by atoms with van der Waals surface area (Å²) < 4.78 is 5.74. The molecule has 1 N–H and O–H groups in total. The highest BCUT2D eigenvalue weighted by molar-refractivity contribution is 5.88. The Balaban J connectivity index is 1.66. The molecule has 0 aliphatic heterocycles. The highest BCUT2D eigenvalue weighted by Crippen LogP contribution is 2.18. The summed E-state index contributed by atoms with van der Waals surface area (Å²) in [5.74, 6) is 0.364. The van der Waals surface area contributed by atoms with E-state index in [1.54, 1.807) is 11.8 Å². The molecule has 0 saturated heterocycles. The van der Waals surface area contributed by atoms with E-state index in [0.717, 1.165) is 37.7 Å². The molecule has 166 valence electrons. The number of ether oxygens (including phenoxy) is 1. The molecule has 1 unspecified atom stereocenters. The van der Waals surface area contributed by atoms with E-state index < -0.39 is 6.04 Å². The maximum atomic E-state index is 13.1. The zero-order chi connectivity index (χ0) is 22.1. The Bertz CT molecular complexity index is 829. The summed E-state index contributed by atoms with van der Waals surface area (Å²) in [4.78, 5) is 27.7. The first-order valence-corrected chi connectivity index (χ1v) is 11.4. The van der Waals surface area contributed by atoms with Crippen LogP contribution in [0.4, 0.5) is 0 Å². The molecule has 2 aromatic carbocycles. The Morgan fingerprint density at radius 3 is 2.32 bits per heavy atom. The molecule has 1 atom stereocenters. The van der Waals surface area contributed by atoms with Gasteiger partial charge in [0, 0.05) is 12.6 Å². The SMILES string of the molecule is CCc1ccc(OCC(=O)N(Cc2ccccc2)C(C)C(=O)NC2CCCCC2)cc1. The molecule has 2 aromatic rings. The van der Waals surface area contributed by atoms with Gasteiger partial charge in [0.1, 0.15) is 11.8 Å². The third-order valence-electron chi connectivity index (χ3n) is 6.01. The fourth-order valence-corrected chi connectivity index (χ4v) is 3.98. The molecule has 31 heavy (non-hydrogen) atoms. The Morgan fingerprint density at radius 2 is 1.68 bits per heavy atom. The number of amides is 2.